The van der Waals surface area contributed by atoms with Crippen LogP contribution < -0.4 is 5.73 Å². The van der Waals surface area contributed by atoms with Gasteiger partial charge in [-0.1, -0.05) is 141 Å². The average molecular weight is 436 g/mol. The van der Waals surface area contributed by atoms with Gasteiger partial charge in [-0.2, -0.15) is 0 Å². The van der Waals surface area contributed by atoms with Gasteiger partial charge in [0.15, 0.2) is 0 Å². The van der Waals surface area contributed by atoms with Crippen molar-refractivity contribution in [3.63, 3.8) is 0 Å². The Labute approximate surface area is 196 Å². The Hall–Kier alpha value is -0.790. The van der Waals surface area contributed by atoms with Crippen LogP contribution in [0.1, 0.15) is 167 Å². The molecule has 0 aromatic carbocycles. The SMILES string of the molecule is CCCCCCCCCCCCCCCCCC/C=C/CCCCCCCCC(N)=O. The molecule has 0 aromatic heterocycles. The number of hydrogen-bond acceptors (Lipinski definition) is 1. The number of amides is 1. The van der Waals surface area contributed by atoms with E-state index < -0.39 is 0 Å². The lowest BCUT2D eigenvalue weighted by molar-refractivity contribution is -0.118. The molecule has 0 saturated carbocycles. The number of hydrogen-bond donors (Lipinski definition) is 1. The zero-order chi connectivity index (χ0) is 22.7. The maximum Gasteiger partial charge on any atom is 0.217 e. The van der Waals surface area contributed by atoms with Crippen LogP contribution in [0.15, 0.2) is 12.2 Å². The van der Waals surface area contributed by atoms with Gasteiger partial charge >= 0.3 is 0 Å². The predicted molar refractivity (Wildman–Crippen MR) is 139 cm³/mol. The molecule has 0 atom stereocenters. The average Bonchev–Trinajstić information content (AvgIpc) is 2.76. The van der Waals surface area contributed by atoms with E-state index in [1.165, 1.54) is 141 Å². The van der Waals surface area contributed by atoms with Gasteiger partial charge in [0.25, 0.3) is 0 Å². The molecular formula is C29H57NO. The summed E-state index contributed by atoms with van der Waals surface area (Å²) in [7, 11) is 0. The third-order valence-electron chi connectivity index (χ3n) is 6.43. The van der Waals surface area contributed by atoms with E-state index >= 15 is 0 Å². The first-order valence-corrected chi connectivity index (χ1v) is 14.2. The Kier molecular flexibility index (Phi) is 26.5. The van der Waals surface area contributed by atoms with Crippen LogP contribution in [0.4, 0.5) is 0 Å². The van der Waals surface area contributed by atoms with Crippen molar-refractivity contribution in [1.29, 1.82) is 0 Å². The van der Waals surface area contributed by atoms with Crippen molar-refractivity contribution in [3.8, 4) is 0 Å². The number of allylic oxidation sites excluding steroid dienone is 2. The second kappa shape index (κ2) is 27.2. The van der Waals surface area contributed by atoms with Crippen molar-refractivity contribution >= 4 is 5.91 Å². The fourth-order valence-electron chi connectivity index (χ4n) is 4.31. The molecule has 0 aromatic rings. The van der Waals surface area contributed by atoms with Crippen molar-refractivity contribution in [2.24, 2.45) is 5.73 Å². The van der Waals surface area contributed by atoms with Crippen molar-refractivity contribution in [1.82, 2.24) is 0 Å². The van der Waals surface area contributed by atoms with E-state index in [4.69, 9.17) is 5.73 Å². The number of unbranched alkanes of at least 4 members (excludes halogenated alkanes) is 22. The summed E-state index contributed by atoms with van der Waals surface area (Å²) in [6, 6.07) is 0. The summed E-state index contributed by atoms with van der Waals surface area (Å²) >= 11 is 0. The summed E-state index contributed by atoms with van der Waals surface area (Å²) in [4.78, 5) is 10.7. The minimum absolute atomic E-state index is 0.158. The van der Waals surface area contributed by atoms with Gasteiger partial charge in [-0.25, -0.2) is 0 Å². The number of rotatable bonds is 26. The summed E-state index contributed by atoms with van der Waals surface area (Å²) in [6.07, 6.45) is 38.2. The Bertz CT molecular complexity index is 377. The number of carbonyl (C=O) groups excluding carboxylic acids is 1. The molecule has 0 spiro atoms. The van der Waals surface area contributed by atoms with Gasteiger partial charge in [-0.3, -0.25) is 4.79 Å². The fraction of sp³-hybridized carbons (Fsp3) is 0.897. The van der Waals surface area contributed by atoms with Crippen LogP contribution in [-0.2, 0) is 4.79 Å². The topological polar surface area (TPSA) is 43.1 Å². The highest BCUT2D eigenvalue weighted by molar-refractivity contribution is 5.73. The summed E-state index contributed by atoms with van der Waals surface area (Å²) in [6.45, 7) is 2.29. The molecule has 0 bridgehead atoms. The molecule has 0 aliphatic carbocycles. The third-order valence-corrected chi connectivity index (χ3v) is 6.43. The highest BCUT2D eigenvalue weighted by atomic mass is 16.1. The van der Waals surface area contributed by atoms with Gasteiger partial charge in [0.1, 0.15) is 0 Å². The Morgan fingerprint density at radius 1 is 0.484 bits per heavy atom. The molecule has 1 amide bonds. The summed E-state index contributed by atoms with van der Waals surface area (Å²) in [5, 5.41) is 0. The van der Waals surface area contributed by atoms with E-state index in [9.17, 15) is 4.79 Å². The van der Waals surface area contributed by atoms with Crippen LogP contribution in [0.3, 0.4) is 0 Å². The molecule has 0 saturated heterocycles. The molecule has 184 valence electrons. The van der Waals surface area contributed by atoms with Crippen LogP contribution in [0, 0.1) is 0 Å². The minimum Gasteiger partial charge on any atom is -0.370 e. The second-order valence-corrected chi connectivity index (χ2v) is 9.69. The van der Waals surface area contributed by atoms with E-state index in [1.807, 2.05) is 0 Å². The largest absolute Gasteiger partial charge is 0.370 e. The van der Waals surface area contributed by atoms with Gasteiger partial charge in [-0.05, 0) is 32.1 Å². The van der Waals surface area contributed by atoms with E-state index in [2.05, 4.69) is 19.1 Å². The molecule has 31 heavy (non-hydrogen) atoms. The normalized spacial score (nSPS) is 11.5. The maximum atomic E-state index is 10.7. The first-order valence-electron chi connectivity index (χ1n) is 14.2. The predicted octanol–water partition coefficient (Wildman–Crippen LogP) is 9.80. The van der Waals surface area contributed by atoms with Crippen LogP contribution in [0.2, 0.25) is 0 Å². The quantitative estimate of drug-likeness (QED) is 0.107. The van der Waals surface area contributed by atoms with Crippen molar-refractivity contribution in [3.05, 3.63) is 12.2 Å². The van der Waals surface area contributed by atoms with Crippen LogP contribution in [0.25, 0.3) is 0 Å². The monoisotopic (exact) mass is 435 g/mol. The Morgan fingerprint density at radius 3 is 1.10 bits per heavy atom. The van der Waals surface area contributed by atoms with Crippen molar-refractivity contribution in [2.75, 3.05) is 0 Å². The second-order valence-electron chi connectivity index (χ2n) is 9.69. The van der Waals surface area contributed by atoms with Crippen molar-refractivity contribution < 1.29 is 4.79 Å². The fourth-order valence-corrected chi connectivity index (χ4v) is 4.31. The zero-order valence-corrected chi connectivity index (χ0v) is 21.3. The first kappa shape index (κ1) is 30.2. The van der Waals surface area contributed by atoms with E-state index in [0.717, 1.165) is 12.8 Å². The lowest BCUT2D eigenvalue weighted by Gasteiger charge is -2.03. The van der Waals surface area contributed by atoms with E-state index in [1.54, 1.807) is 0 Å². The zero-order valence-electron chi connectivity index (χ0n) is 21.3. The van der Waals surface area contributed by atoms with Gasteiger partial charge in [0.05, 0.1) is 0 Å². The highest BCUT2D eigenvalue weighted by Gasteiger charge is 1.96. The minimum atomic E-state index is -0.158. The first-order chi connectivity index (χ1) is 15.3. The summed E-state index contributed by atoms with van der Waals surface area (Å²) in [5.74, 6) is -0.158. The smallest absolute Gasteiger partial charge is 0.217 e. The molecule has 0 unspecified atom stereocenters. The Morgan fingerprint density at radius 2 is 0.774 bits per heavy atom. The molecule has 2 nitrogen and oxygen atoms in total. The number of nitrogens with two attached hydrogens (primary N) is 1. The molecule has 0 fully saturated rings. The third kappa shape index (κ3) is 29.2. The standard InChI is InChI=1S/C29H57NO/c1-2-3-4-5-6-7-8-9-10-11-12-13-14-15-16-17-18-19-20-21-22-23-24-25-26-27-28-29(30)31/h19-20H,2-18,21-28H2,1H3,(H2,30,31)/b20-19+. The van der Waals surface area contributed by atoms with Crippen LogP contribution in [0.5, 0.6) is 0 Å². The molecule has 0 aliphatic rings. The van der Waals surface area contributed by atoms with Crippen LogP contribution in [-0.4, -0.2) is 5.91 Å². The molecular weight excluding hydrogens is 378 g/mol. The van der Waals surface area contributed by atoms with Gasteiger partial charge in [0.2, 0.25) is 5.91 Å². The molecule has 2 heteroatoms. The molecule has 0 radical (unpaired) electrons. The number of primary amides is 1. The summed E-state index contributed by atoms with van der Waals surface area (Å²) in [5.41, 5.74) is 5.15. The number of carbonyl (C=O) groups is 1. The van der Waals surface area contributed by atoms with Gasteiger partial charge in [-0.15, -0.1) is 0 Å². The van der Waals surface area contributed by atoms with Gasteiger partial charge < -0.3 is 5.73 Å². The van der Waals surface area contributed by atoms with E-state index in [-0.39, 0.29) is 5.91 Å². The molecule has 2 N–H and O–H groups in total. The Balaban J connectivity index is 3.07. The van der Waals surface area contributed by atoms with Crippen LogP contribution >= 0.6 is 0 Å². The molecule has 0 aliphatic heterocycles. The molecule has 0 rings (SSSR count). The van der Waals surface area contributed by atoms with Crippen molar-refractivity contribution in [2.45, 2.75) is 167 Å². The van der Waals surface area contributed by atoms with Gasteiger partial charge in [0, 0.05) is 6.42 Å². The maximum absolute atomic E-state index is 10.7. The molecule has 0 heterocycles. The highest BCUT2D eigenvalue weighted by Crippen LogP contribution is 2.14. The van der Waals surface area contributed by atoms with E-state index in [0.29, 0.717) is 6.42 Å². The summed E-state index contributed by atoms with van der Waals surface area (Å²) < 4.78 is 0. The lowest BCUT2D eigenvalue weighted by Crippen LogP contribution is -2.09. The lowest BCUT2D eigenvalue weighted by atomic mass is 10.0.